The minimum atomic E-state index is -0.0367. The van der Waals surface area contributed by atoms with Crippen molar-refractivity contribution < 1.29 is 9.53 Å². The van der Waals surface area contributed by atoms with E-state index in [-0.39, 0.29) is 5.91 Å². The van der Waals surface area contributed by atoms with E-state index < -0.39 is 0 Å². The Morgan fingerprint density at radius 2 is 2.04 bits per heavy atom. The second kappa shape index (κ2) is 8.93. The molecule has 0 saturated heterocycles. The highest BCUT2D eigenvalue weighted by molar-refractivity contribution is 7.20. The molecule has 0 unspecified atom stereocenters. The third-order valence-electron chi connectivity index (χ3n) is 4.08. The monoisotopic (exact) mass is 372 g/mol. The van der Waals surface area contributed by atoms with Gasteiger partial charge in [-0.2, -0.15) is 5.10 Å². The first-order valence-corrected chi connectivity index (χ1v) is 9.49. The van der Waals surface area contributed by atoms with Crippen molar-refractivity contribution in [1.82, 2.24) is 20.4 Å². The van der Waals surface area contributed by atoms with Gasteiger partial charge in [-0.3, -0.25) is 9.48 Å². The van der Waals surface area contributed by atoms with Crippen LogP contribution < -0.4 is 10.6 Å². The number of benzene rings is 1. The standard InChI is InChI=1S/C19H24N4O2S/c1-14-16-12-17(18(24)21-9-8-20-10-11-25-2)26-19(16)23(22-14)13-15-6-4-3-5-7-15/h3-7,12,20H,8-11,13H2,1-2H3,(H,21,24). The number of amides is 1. The van der Waals surface area contributed by atoms with Gasteiger partial charge in [0.15, 0.2) is 0 Å². The highest BCUT2D eigenvalue weighted by Gasteiger charge is 2.16. The average Bonchev–Trinajstić information content (AvgIpc) is 3.21. The summed E-state index contributed by atoms with van der Waals surface area (Å²) < 4.78 is 6.95. The van der Waals surface area contributed by atoms with E-state index in [9.17, 15) is 4.79 Å². The zero-order valence-corrected chi connectivity index (χ0v) is 15.9. The number of rotatable bonds is 9. The topological polar surface area (TPSA) is 68.2 Å². The Kier molecular flexibility index (Phi) is 6.38. The summed E-state index contributed by atoms with van der Waals surface area (Å²) in [4.78, 5) is 14.2. The van der Waals surface area contributed by atoms with Gasteiger partial charge in [-0.25, -0.2) is 0 Å². The van der Waals surface area contributed by atoms with Crippen molar-refractivity contribution in [3.63, 3.8) is 0 Å². The van der Waals surface area contributed by atoms with Crippen molar-refractivity contribution in [2.45, 2.75) is 13.5 Å². The van der Waals surface area contributed by atoms with E-state index in [4.69, 9.17) is 4.74 Å². The van der Waals surface area contributed by atoms with Gasteiger partial charge in [-0.1, -0.05) is 30.3 Å². The third-order valence-corrected chi connectivity index (χ3v) is 5.22. The molecule has 6 nitrogen and oxygen atoms in total. The van der Waals surface area contributed by atoms with Gasteiger partial charge in [0.1, 0.15) is 4.83 Å². The first-order valence-electron chi connectivity index (χ1n) is 8.67. The molecule has 0 saturated carbocycles. The molecule has 1 amide bonds. The Morgan fingerprint density at radius 3 is 2.81 bits per heavy atom. The van der Waals surface area contributed by atoms with Crippen LogP contribution in [0.2, 0.25) is 0 Å². The minimum absolute atomic E-state index is 0.0367. The second-order valence-electron chi connectivity index (χ2n) is 6.06. The van der Waals surface area contributed by atoms with E-state index >= 15 is 0 Å². The summed E-state index contributed by atoms with van der Waals surface area (Å²) in [5.74, 6) is -0.0367. The minimum Gasteiger partial charge on any atom is -0.383 e. The van der Waals surface area contributed by atoms with Gasteiger partial charge in [0.25, 0.3) is 5.91 Å². The number of nitrogens with zero attached hydrogens (tertiary/aromatic N) is 2. The van der Waals surface area contributed by atoms with Crippen LogP contribution in [0.3, 0.4) is 0 Å². The molecule has 7 heteroatoms. The lowest BCUT2D eigenvalue weighted by Crippen LogP contribution is -2.32. The van der Waals surface area contributed by atoms with Gasteiger partial charge in [-0.15, -0.1) is 11.3 Å². The number of carbonyl (C=O) groups excluding carboxylic acids is 1. The summed E-state index contributed by atoms with van der Waals surface area (Å²) in [6.45, 7) is 5.45. The van der Waals surface area contributed by atoms with Crippen molar-refractivity contribution in [2.24, 2.45) is 0 Å². The Bertz CT molecular complexity index is 857. The van der Waals surface area contributed by atoms with E-state index in [1.54, 1.807) is 7.11 Å². The lowest BCUT2D eigenvalue weighted by atomic mass is 10.2. The molecule has 138 valence electrons. The van der Waals surface area contributed by atoms with Crippen molar-refractivity contribution in [1.29, 1.82) is 0 Å². The van der Waals surface area contributed by atoms with Gasteiger partial charge < -0.3 is 15.4 Å². The highest BCUT2D eigenvalue weighted by atomic mass is 32.1. The van der Waals surface area contributed by atoms with Crippen LogP contribution in [0.5, 0.6) is 0 Å². The molecule has 0 bridgehead atoms. The molecule has 2 heterocycles. The first kappa shape index (κ1) is 18.6. The molecule has 0 radical (unpaired) electrons. The smallest absolute Gasteiger partial charge is 0.261 e. The summed E-state index contributed by atoms with van der Waals surface area (Å²) in [5.41, 5.74) is 2.14. The van der Waals surface area contributed by atoms with Gasteiger partial charge in [-0.05, 0) is 18.6 Å². The SMILES string of the molecule is COCCNCCNC(=O)c1cc2c(C)nn(Cc3ccccc3)c2s1. The molecule has 0 aliphatic heterocycles. The summed E-state index contributed by atoms with van der Waals surface area (Å²) in [6.07, 6.45) is 0. The average molecular weight is 372 g/mol. The van der Waals surface area contributed by atoms with Gasteiger partial charge in [0, 0.05) is 32.1 Å². The predicted octanol–water partition coefficient (Wildman–Crippen LogP) is 2.42. The van der Waals surface area contributed by atoms with E-state index in [0.29, 0.717) is 19.7 Å². The number of hydrogen-bond donors (Lipinski definition) is 2. The molecule has 3 aromatic rings. The number of methoxy groups -OCH3 is 1. The molecule has 0 spiro atoms. The van der Waals surface area contributed by atoms with E-state index in [1.807, 2.05) is 35.9 Å². The fourth-order valence-corrected chi connectivity index (χ4v) is 3.82. The fraction of sp³-hybridized carbons (Fsp3) is 0.368. The number of carbonyl (C=O) groups is 1. The van der Waals surface area contributed by atoms with Crippen LogP contribution in [0.1, 0.15) is 20.9 Å². The molecule has 0 fully saturated rings. The van der Waals surface area contributed by atoms with E-state index in [0.717, 1.165) is 33.9 Å². The molecular formula is C19H24N4O2S. The number of hydrogen-bond acceptors (Lipinski definition) is 5. The molecule has 0 aliphatic rings. The van der Waals surface area contributed by atoms with Crippen LogP contribution in [0, 0.1) is 6.92 Å². The second-order valence-corrected chi connectivity index (χ2v) is 7.09. The van der Waals surface area contributed by atoms with Gasteiger partial charge >= 0.3 is 0 Å². The molecule has 0 atom stereocenters. The Balaban J connectivity index is 1.65. The number of aryl methyl sites for hydroxylation is 1. The summed E-state index contributed by atoms with van der Waals surface area (Å²) in [6, 6.07) is 12.2. The maximum atomic E-state index is 12.4. The molecule has 2 N–H and O–H groups in total. The number of ether oxygens (including phenoxy) is 1. The lowest BCUT2D eigenvalue weighted by Gasteiger charge is -2.05. The Hall–Kier alpha value is -2.22. The number of nitrogens with one attached hydrogen (secondary N) is 2. The molecule has 0 aliphatic carbocycles. The van der Waals surface area contributed by atoms with Crippen LogP contribution in [0.25, 0.3) is 10.2 Å². The summed E-state index contributed by atoms with van der Waals surface area (Å²) >= 11 is 1.49. The summed E-state index contributed by atoms with van der Waals surface area (Å²) in [7, 11) is 1.67. The Labute approximate surface area is 157 Å². The molecule has 1 aromatic carbocycles. The van der Waals surface area contributed by atoms with E-state index in [2.05, 4.69) is 27.9 Å². The molecule has 3 rings (SSSR count). The zero-order chi connectivity index (χ0) is 18.4. The van der Waals surface area contributed by atoms with Crippen LogP contribution in [-0.2, 0) is 11.3 Å². The highest BCUT2D eigenvalue weighted by Crippen LogP contribution is 2.28. The molecule has 26 heavy (non-hydrogen) atoms. The van der Waals surface area contributed by atoms with Crippen molar-refractivity contribution >= 4 is 27.5 Å². The zero-order valence-electron chi connectivity index (χ0n) is 15.1. The van der Waals surface area contributed by atoms with Crippen molar-refractivity contribution in [3.8, 4) is 0 Å². The first-order chi connectivity index (χ1) is 12.7. The largest absolute Gasteiger partial charge is 0.383 e. The van der Waals surface area contributed by atoms with Crippen LogP contribution >= 0.6 is 11.3 Å². The van der Waals surface area contributed by atoms with Gasteiger partial charge in [0.2, 0.25) is 0 Å². The van der Waals surface area contributed by atoms with Crippen LogP contribution in [0.4, 0.5) is 0 Å². The normalized spacial score (nSPS) is 11.2. The maximum Gasteiger partial charge on any atom is 0.261 e. The fourth-order valence-electron chi connectivity index (χ4n) is 2.74. The van der Waals surface area contributed by atoms with Crippen molar-refractivity contribution in [3.05, 3.63) is 52.5 Å². The number of fused-ring (bicyclic) bond motifs is 1. The van der Waals surface area contributed by atoms with Crippen LogP contribution in [-0.4, -0.2) is 49.0 Å². The van der Waals surface area contributed by atoms with Crippen molar-refractivity contribution in [2.75, 3.05) is 33.4 Å². The van der Waals surface area contributed by atoms with Crippen LogP contribution in [0.15, 0.2) is 36.4 Å². The maximum absolute atomic E-state index is 12.4. The quantitative estimate of drug-likeness (QED) is 0.566. The Morgan fingerprint density at radius 1 is 1.23 bits per heavy atom. The lowest BCUT2D eigenvalue weighted by molar-refractivity contribution is 0.0958. The molecular weight excluding hydrogens is 348 g/mol. The number of aromatic nitrogens is 2. The third kappa shape index (κ3) is 4.49. The van der Waals surface area contributed by atoms with Gasteiger partial charge in [0.05, 0.1) is 23.7 Å². The summed E-state index contributed by atoms with van der Waals surface area (Å²) in [5, 5.41) is 11.8. The number of thiophene rings is 1. The molecule has 2 aromatic heterocycles. The predicted molar refractivity (Wildman–Crippen MR) is 105 cm³/mol. The van der Waals surface area contributed by atoms with E-state index in [1.165, 1.54) is 16.9 Å².